The molecular formula is C12H15N3O5. The molecule has 3 N–H and O–H groups in total. The first-order valence-corrected chi connectivity index (χ1v) is 5.77. The molecule has 0 bridgehead atoms. The fraction of sp³-hybridized carbons (Fsp3) is 0.333. The molecule has 8 nitrogen and oxygen atoms in total. The smallest absolute Gasteiger partial charge is 0.323 e. The van der Waals surface area contributed by atoms with Gasteiger partial charge >= 0.3 is 18.0 Å². The second kappa shape index (κ2) is 7.07. The molecule has 1 rings (SSSR count). The molecule has 0 aliphatic carbocycles. The van der Waals surface area contributed by atoms with Gasteiger partial charge in [0.25, 0.3) is 0 Å². The molecule has 0 saturated carbocycles. The van der Waals surface area contributed by atoms with Crippen molar-refractivity contribution in [3.05, 3.63) is 29.6 Å². The number of aryl methyl sites for hydroxylation is 1. The highest BCUT2D eigenvalue weighted by atomic mass is 16.4. The van der Waals surface area contributed by atoms with Gasteiger partial charge in [0.2, 0.25) is 0 Å². The second-order valence-corrected chi connectivity index (χ2v) is 4.07. The maximum Gasteiger partial charge on any atom is 0.323 e. The van der Waals surface area contributed by atoms with Crippen LogP contribution < -0.4 is 5.32 Å². The molecule has 0 spiro atoms. The summed E-state index contributed by atoms with van der Waals surface area (Å²) in [6.45, 7) is 0.556. The van der Waals surface area contributed by atoms with Crippen molar-refractivity contribution in [1.29, 1.82) is 0 Å². The van der Waals surface area contributed by atoms with Crippen LogP contribution >= 0.6 is 0 Å². The van der Waals surface area contributed by atoms with Crippen molar-refractivity contribution in [2.24, 2.45) is 0 Å². The zero-order chi connectivity index (χ0) is 15.1. The number of urea groups is 1. The maximum absolute atomic E-state index is 11.8. The molecule has 1 heterocycles. The van der Waals surface area contributed by atoms with Crippen LogP contribution in [0, 0.1) is 6.92 Å². The Hall–Kier alpha value is -2.64. The Morgan fingerprint density at radius 3 is 2.35 bits per heavy atom. The summed E-state index contributed by atoms with van der Waals surface area (Å²) in [6, 6.07) is 2.81. The van der Waals surface area contributed by atoms with E-state index < -0.39 is 31.1 Å². The Bertz CT molecular complexity index is 502. The summed E-state index contributed by atoms with van der Waals surface area (Å²) in [6.07, 6.45) is 1.57. The molecule has 0 unspecified atom stereocenters. The van der Waals surface area contributed by atoms with Crippen molar-refractivity contribution < 1.29 is 24.6 Å². The van der Waals surface area contributed by atoms with E-state index in [-0.39, 0.29) is 6.54 Å². The number of aliphatic carboxylic acids is 2. The summed E-state index contributed by atoms with van der Waals surface area (Å²) in [5.74, 6) is -2.56. The Morgan fingerprint density at radius 1 is 1.25 bits per heavy atom. The molecule has 1 aromatic heterocycles. The number of rotatable bonds is 6. The minimum absolute atomic E-state index is 0.0985. The standard InChI is InChI=1S/C12H15N3O5/c1-8-3-2-4-13-9(8)5-14-12(20)15(6-10(16)17)7-11(18)19/h2-4H,5-7H2,1H3,(H,14,20)(H,16,17)(H,18,19). The molecule has 0 fully saturated rings. The number of carboxylic acid groups (broad SMARTS) is 2. The maximum atomic E-state index is 11.8. The van der Waals surface area contributed by atoms with Gasteiger partial charge in [0, 0.05) is 6.20 Å². The van der Waals surface area contributed by atoms with Crippen LogP contribution in [-0.2, 0) is 16.1 Å². The lowest BCUT2D eigenvalue weighted by molar-refractivity contribution is -0.140. The van der Waals surface area contributed by atoms with Gasteiger partial charge in [0.1, 0.15) is 13.1 Å². The molecule has 0 aliphatic heterocycles. The number of carboxylic acids is 2. The molecule has 0 aliphatic rings. The van der Waals surface area contributed by atoms with Gasteiger partial charge in [-0.05, 0) is 18.6 Å². The molecular weight excluding hydrogens is 266 g/mol. The highest BCUT2D eigenvalue weighted by molar-refractivity contribution is 5.84. The molecule has 8 heteroatoms. The normalized spacial score (nSPS) is 9.85. The SMILES string of the molecule is Cc1cccnc1CNC(=O)N(CC(=O)O)CC(=O)O. The van der Waals surface area contributed by atoms with Crippen LogP contribution in [0.25, 0.3) is 0 Å². The summed E-state index contributed by atoms with van der Waals surface area (Å²) >= 11 is 0. The van der Waals surface area contributed by atoms with Crippen LogP contribution in [0.5, 0.6) is 0 Å². The third kappa shape index (κ3) is 4.92. The summed E-state index contributed by atoms with van der Waals surface area (Å²) in [7, 11) is 0. The molecule has 0 radical (unpaired) electrons. The topological polar surface area (TPSA) is 120 Å². The first kappa shape index (κ1) is 15.4. The van der Waals surface area contributed by atoms with Gasteiger partial charge in [-0.3, -0.25) is 14.6 Å². The van der Waals surface area contributed by atoms with Crippen molar-refractivity contribution in [1.82, 2.24) is 15.2 Å². The van der Waals surface area contributed by atoms with E-state index in [2.05, 4.69) is 10.3 Å². The van der Waals surface area contributed by atoms with Crippen molar-refractivity contribution >= 4 is 18.0 Å². The molecule has 108 valence electrons. The molecule has 2 amide bonds. The molecule has 20 heavy (non-hydrogen) atoms. The van der Waals surface area contributed by atoms with E-state index in [9.17, 15) is 14.4 Å². The third-order valence-electron chi connectivity index (χ3n) is 2.46. The number of amides is 2. The van der Waals surface area contributed by atoms with E-state index in [1.807, 2.05) is 13.0 Å². The molecule has 0 atom stereocenters. The van der Waals surface area contributed by atoms with Crippen LogP contribution in [-0.4, -0.2) is 51.2 Å². The molecule has 1 aromatic rings. The zero-order valence-electron chi connectivity index (χ0n) is 10.9. The zero-order valence-corrected chi connectivity index (χ0v) is 10.9. The van der Waals surface area contributed by atoms with Crippen LogP contribution in [0.2, 0.25) is 0 Å². The summed E-state index contributed by atoms with van der Waals surface area (Å²) in [5, 5.41) is 19.7. The van der Waals surface area contributed by atoms with E-state index in [1.165, 1.54) is 0 Å². The van der Waals surface area contributed by atoms with Crippen molar-refractivity contribution in [3.8, 4) is 0 Å². The number of pyridine rings is 1. The van der Waals surface area contributed by atoms with Crippen LogP contribution in [0.3, 0.4) is 0 Å². The number of hydrogen-bond acceptors (Lipinski definition) is 4. The van der Waals surface area contributed by atoms with Crippen LogP contribution in [0.15, 0.2) is 18.3 Å². The lowest BCUT2D eigenvalue weighted by Crippen LogP contribution is -2.45. The highest BCUT2D eigenvalue weighted by Gasteiger charge is 2.19. The van der Waals surface area contributed by atoms with E-state index >= 15 is 0 Å². The van der Waals surface area contributed by atoms with Gasteiger partial charge in [-0.2, -0.15) is 0 Å². The van der Waals surface area contributed by atoms with Gasteiger partial charge < -0.3 is 20.4 Å². The minimum Gasteiger partial charge on any atom is -0.480 e. The predicted molar refractivity (Wildman–Crippen MR) is 68.1 cm³/mol. The van der Waals surface area contributed by atoms with E-state index in [0.29, 0.717) is 10.6 Å². The highest BCUT2D eigenvalue weighted by Crippen LogP contribution is 2.02. The van der Waals surface area contributed by atoms with Crippen molar-refractivity contribution in [2.75, 3.05) is 13.1 Å². The van der Waals surface area contributed by atoms with Crippen molar-refractivity contribution in [2.45, 2.75) is 13.5 Å². The van der Waals surface area contributed by atoms with Crippen molar-refractivity contribution in [3.63, 3.8) is 0 Å². The average Bonchev–Trinajstić information content (AvgIpc) is 2.35. The summed E-state index contributed by atoms with van der Waals surface area (Å²) in [5.41, 5.74) is 1.50. The monoisotopic (exact) mass is 281 g/mol. The quantitative estimate of drug-likeness (QED) is 0.678. The third-order valence-corrected chi connectivity index (χ3v) is 2.46. The number of hydrogen-bond donors (Lipinski definition) is 3. The predicted octanol–water partition coefficient (Wildman–Crippen LogP) is 0.0708. The van der Waals surface area contributed by atoms with Crippen LogP contribution in [0.4, 0.5) is 4.79 Å². The summed E-state index contributed by atoms with van der Waals surface area (Å²) in [4.78, 5) is 37.7. The average molecular weight is 281 g/mol. The second-order valence-electron chi connectivity index (χ2n) is 4.07. The van der Waals surface area contributed by atoms with Gasteiger partial charge in [-0.25, -0.2) is 4.79 Å². The Kier molecular flexibility index (Phi) is 5.45. The van der Waals surface area contributed by atoms with E-state index in [0.717, 1.165) is 5.56 Å². The Labute approximate surface area is 115 Å². The lowest BCUT2D eigenvalue weighted by Gasteiger charge is -2.19. The fourth-order valence-corrected chi connectivity index (χ4v) is 1.50. The van der Waals surface area contributed by atoms with Crippen LogP contribution in [0.1, 0.15) is 11.3 Å². The number of carbonyl (C=O) groups is 3. The number of carbonyl (C=O) groups excluding carboxylic acids is 1. The van der Waals surface area contributed by atoms with Gasteiger partial charge in [-0.1, -0.05) is 6.07 Å². The Morgan fingerprint density at radius 2 is 1.85 bits per heavy atom. The number of nitrogens with zero attached hydrogens (tertiary/aromatic N) is 2. The molecule has 0 aromatic carbocycles. The molecule has 0 saturated heterocycles. The largest absolute Gasteiger partial charge is 0.480 e. The fourth-order valence-electron chi connectivity index (χ4n) is 1.50. The lowest BCUT2D eigenvalue weighted by atomic mass is 10.2. The first-order chi connectivity index (χ1) is 9.40. The van der Waals surface area contributed by atoms with Gasteiger partial charge in [0.05, 0.1) is 12.2 Å². The number of nitrogens with one attached hydrogen (secondary N) is 1. The van der Waals surface area contributed by atoms with E-state index in [1.54, 1.807) is 12.3 Å². The number of aromatic nitrogens is 1. The summed E-state index contributed by atoms with van der Waals surface area (Å²) < 4.78 is 0. The van der Waals surface area contributed by atoms with Gasteiger partial charge in [-0.15, -0.1) is 0 Å². The van der Waals surface area contributed by atoms with Gasteiger partial charge in [0.15, 0.2) is 0 Å². The minimum atomic E-state index is -1.28. The Balaban J connectivity index is 2.64. The van der Waals surface area contributed by atoms with E-state index in [4.69, 9.17) is 10.2 Å². The first-order valence-electron chi connectivity index (χ1n) is 5.77.